The zero-order valence-electron chi connectivity index (χ0n) is 16.5. The summed E-state index contributed by atoms with van der Waals surface area (Å²) in [5.74, 6) is -0.646. The third kappa shape index (κ3) is 3.56. The van der Waals surface area contributed by atoms with Gasteiger partial charge in [0, 0.05) is 34.8 Å². The number of aryl methyl sites for hydroxylation is 2. The van der Waals surface area contributed by atoms with Crippen molar-refractivity contribution in [3.05, 3.63) is 63.0 Å². The van der Waals surface area contributed by atoms with Gasteiger partial charge in [0.05, 0.1) is 0 Å². The van der Waals surface area contributed by atoms with E-state index in [1.165, 1.54) is 21.8 Å². The number of hydrogen-bond acceptors (Lipinski definition) is 5. The fourth-order valence-corrected chi connectivity index (χ4v) is 4.64. The molecule has 0 unspecified atom stereocenters. The van der Waals surface area contributed by atoms with Gasteiger partial charge in [-0.05, 0) is 36.6 Å². The highest BCUT2D eigenvalue weighted by Crippen LogP contribution is 2.46. The third-order valence-corrected chi connectivity index (χ3v) is 6.49. The molecule has 4 nitrogen and oxygen atoms in total. The summed E-state index contributed by atoms with van der Waals surface area (Å²) in [5, 5.41) is 0. The van der Waals surface area contributed by atoms with Gasteiger partial charge in [-0.1, -0.05) is 39.0 Å². The van der Waals surface area contributed by atoms with Crippen LogP contribution in [-0.4, -0.2) is 25.4 Å². The maximum Gasteiger partial charge on any atom is 0.348 e. The minimum atomic E-state index is -0.433. The molecule has 3 rings (SSSR count). The van der Waals surface area contributed by atoms with Gasteiger partial charge < -0.3 is 9.64 Å². The van der Waals surface area contributed by atoms with E-state index in [0.717, 1.165) is 23.4 Å². The molecule has 0 radical (unpaired) electrons. The molecule has 0 atom stereocenters. The highest BCUT2D eigenvalue weighted by Gasteiger charge is 2.38. The SMILES string of the molecule is CCc1sc(C(=O)OCC(=O)C=C2N(C)c3ccccc3C2(C)C)cc1C. The number of para-hydroxylation sites is 1. The first-order valence-corrected chi connectivity index (χ1v) is 9.92. The number of ketones is 1. The Morgan fingerprint density at radius 1 is 1.26 bits per heavy atom. The molecule has 142 valence electrons. The summed E-state index contributed by atoms with van der Waals surface area (Å²) < 4.78 is 5.25. The third-order valence-electron chi connectivity index (χ3n) is 5.13. The number of carbonyl (C=O) groups excluding carboxylic acids is 2. The van der Waals surface area contributed by atoms with Crippen LogP contribution >= 0.6 is 11.3 Å². The lowest BCUT2D eigenvalue weighted by Gasteiger charge is -2.23. The zero-order valence-corrected chi connectivity index (χ0v) is 17.3. The molecule has 0 saturated heterocycles. The first kappa shape index (κ1) is 19.4. The van der Waals surface area contributed by atoms with Gasteiger partial charge in [-0.3, -0.25) is 4.79 Å². The fraction of sp³-hybridized carbons (Fsp3) is 0.364. The molecular weight excluding hydrogens is 358 g/mol. The molecule has 0 aliphatic carbocycles. The minimum absolute atomic E-state index is 0.213. The van der Waals surface area contributed by atoms with E-state index < -0.39 is 5.97 Å². The number of hydrogen-bond donors (Lipinski definition) is 0. The Kier molecular flexibility index (Phi) is 5.24. The number of benzene rings is 1. The second kappa shape index (κ2) is 7.31. The Morgan fingerprint density at radius 3 is 2.59 bits per heavy atom. The highest BCUT2D eigenvalue weighted by atomic mass is 32.1. The van der Waals surface area contributed by atoms with E-state index in [9.17, 15) is 9.59 Å². The van der Waals surface area contributed by atoms with E-state index in [2.05, 4.69) is 26.8 Å². The summed E-state index contributed by atoms with van der Waals surface area (Å²) in [6, 6.07) is 9.97. The molecule has 0 bridgehead atoms. The molecule has 1 aromatic heterocycles. The maximum atomic E-state index is 12.5. The van der Waals surface area contributed by atoms with Crippen molar-refractivity contribution in [3.8, 4) is 0 Å². The monoisotopic (exact) mass is 383 g/mol. The van der Waals surface area contributed by atoms with Crippen molar-refractivity contribution in [1.29, 1.82) is 0 Å². The number of thiophene rings is 1. The Labute approximate surface area is 164 Å². The Balaban J connectivity index is 1.71. The van der Waals surface area contributed by atoms with Gasteiger partial charge in [-0.15, -0.1) is 11.3 Å². The predicted octanol–water partition coefficient (Wildman–Crippen LogP) is 4.66. The minimum Gasteiger partial charge on any atom is -0.453 e. The van der Waals surface area contributed by atoms with Crippen LogP contribution in [0.2, 0.25) is 0 Å². The van der Waals surface area contributed by atoms with Gasteiger partial charge in [-0.2, -0.15) is 0 Å². The van der Waals surface area contributed by atoms with Gasteiger partial charge >= 0.3 is 5.97 Å². The van der Waals surface area contributed by atoms with E-state index >= 15 is 0 Å². The molecule has 0 saturated carbocycles. The molecule has 1 aromatic carbocycles. The van der Waals surface area contributed by atoms with Crippen molar-refractivity contribution in [2.24, 2.45) is 0 Å². The second-order valence-corrected chi connectivity index (χ2v) is 8.48. The molecular formula is C22H25NO3S. The Hall–Kier alpha value is -2.40. The first-order chi connectivity index (χ1) is 12.8. The van der Waals surface area contributed by atoms with Crippen molar-refractivity contribution in [2.75, 3.05) is 18.6 Å². The molecule has 27 heavy (non-hydrogen) atoms. The number of carbonyl (C=O) groups is 2. The lowest BCUT2D eigenvalue weighted by Crippen LogP contribution is -2.25. The van der Waals surface area contributed by atoms with Crippen LogP contribution in [-0.2, 0) is 21.4 Å². The average Bonchev–Trinajstić information content (AvgIpc) is 3.11. The van der Waals surface area contributed by atoms with Gasteiger partial charge in [0.15, 0.2) is 12.4 Å². The van der Waals surface area contributed by atoms with E-state index in [-0.39, 0.29) is 17.8 Å². The van der Waals surface area contributed by atoms with Crippen LogP contribution in [0, 0.1) is 6.92 Å². The summed E-state index contributed by atoms with van der Waals surface area (Å²) >= 11 is 1.43. The highest BCUT2D eigenvalue weighted by molar-refractivity contribution is 7.14. The molecule has 1 aliphatic heterocycles. The van der Waals surface area contributed by atoms with E-state index in [1.54, 1.807) is 6.08 Å². The van der Waals surface area contributed by atoms with Crippen molar-refractivity contribution in [3.63, 3.8) is 0 Å². The van der Waals surface area contributed by atoms with E-state index in [1.807, 2.05) is 43.1 Å². The van der Waals surface area contributed by atoms with Crippen LogP contribution in [0.1, 0.15) is 46.4 Å². The van der Waals surface area contributed by atoms with Crippen molar-refractivity contribution in [1.82, 2.24) is 0 Å². The smallest absolute Gasteiger partial charge is 0.348 e. The average molecular weight is 384 g/mol. The van der Waals surface area contributed by atoms with Crippen molar-refractivity contribution >= 4 is 28.8 Å². The van der Waals surface area contributed by atoms with Gasteiger partial charge in [0.25, 0.3) is 0 Å². The maximum absolute atomic E-state index is 12.5. The molecule has 0 N–H and O–H groups in total. The number of ether oxygens (including phenoxy) is 1. The molecule has 0 spiro atoms. The van der Waals surface area contributed by atoms with Gasteiger partial charge in [-0.25, -0.2) is 4.79 Å². The Morgan fingerprint density at radius 2 is 1.96 bits per heavy atom. The molecule has 5 heteroatoms. The van der Waals surface area contributed by atoms with Crippen molar-refractivity contribution < 1.29 is 14.3 Å². The zero-order chi connectivity index (χ0) is 19.8. The second-order valence-electron chi connectivity index (χ2n) is 7.34. The van der Waals surface area contributed by atoms with E-state index in [4.69, 9.17) is 4.74 Å². The number of esters is 1. The molecule has 1 aliphatic rings. The lowest BCUT2D eigenvalue weighted by atomic mass is 9.83. The predicted molar refractivity (Wildman–Crippen MR) is 110 cm³/mol. The van der Waals surface area contributed by atoms with Crippen molar-refractivity contribution in [2.45, 2.75) is 39.5 Å². The summed E-state index contributed by atoms with van der Waals surface area (Å²) in [6.07, 6.45) is 2.49. The lowest BCUT2D eigenvalue weighted by molar-refractivity contribution is -0.117. The topological polar surface area (TPSA) is 46.6 Å². The summed E-state index contributed by atoms with van der Waals surface area (Å²) in [6.45, 7) is 7.99. The molecule has 0 fully saturated rings. The number of anilines is 1. The molecule has 2 aromatic rings. The summed E-state index contributed by atoms with van der Waals surface area (Å²) in [7, 11) is 1.96. The summed E-state index contributed by atoms with van der Waals surface area (Å²) in [5.41, 5.74) is 4.01. The van der Waals surface area contributed by atoms with Crippen LogP contribution < -0.4 is 4.90 Å². The first-order valence-electron chi connectivity index (χ1n) is 9.10. The van der Waals surface area contributed by atoms with Crippen LogP contribution in [0.25, 0.3) is 0 Å². The Bertz CT molecular complexity index is 923. The molecule has 0 amide bonds. The number of rotatable bonds is 5. The van der Waals surface area contributed by atoms with Gasteiger partial charge in [0.1, 0.15) is 4.88 Å². The fourth-order valence-electron chi connectivity index (χ4n) is 3.63. The van der Waals surface area contributed by atoms with Crippen LogP contribution in [0.15, 0.2) is 42.1 Å². The standard InChI is InChI=1S/C22H25NO3S/c1-6-18-14(2)11-19(27-18)21(25)26-13-15(24)12-20-22(3,4)16-9-7-8-10-17(16)23(20)5/h7-12H,6,13H2,1-5H3. The molecule has 2 heterocycles. The number of fused-ring (bicyclic) bond motifs is 1. The van der Waals surface area contributed by atoms with Crippen LogP contribution in [0.5, 0.6) is 0 Å². The largest absolute Gasteiger partial charge is 0.453 e. The number of nitrogens with zero attached hydrogens (tertiary/aromatic N) is 1. The van der Waals surface area contributed by atoms with Crippen LogP contribution in [0.4, 0.5) is 5.69 Å². The van der Waals surface area contributed by atoms with Gasteiger partial charge in [0.2, 0.25) is 0 Å². The van der Waals surface area contributed by atoms with E-state index in [0.29, 0.717) is 4.88 Å². The normalized spacial score (nSPS) is 16.5. The number of likely N-dealkylation sites (N-methyl/N-ethyl adjacent to an activating group) is 1. The quantitative estimate of drug-likeness (QED) is 0.557. The van der Waals surface area contributed by atoms with Crippen LogP contribution in [0.3, 0.4) is 0 Å². The number of allylic oxidation sites excluding steroid dienone is 1. The summed E-state index contributed by atoms with van der Waals surface area (Å²) in [4.78, 5) is 28.5.